The van der Waals surface area contributed by atoms with Gasteiger partial charge in [0.15, 0.2) is 6.61 Å². The molecule has 3 N–H and O–H groups in total. The monoisotopic (exact) mass is 387 g/mol. The lowest BCUT2D eigenvalue weighted by molar-refractivity contribution is -0.148. The van der Waals surface area contributed by atoms with Crippen molar-refractivity contribution in [1.29, 1.82) is 0 Å². The molecule has 0 aliphatic carbocycles. The van der Waals surface area contributed by atoms with Crippen molar-refractivity contribution in [3.8, 4) is 5.88 Å². The van der Waals surface area contributed by atoms with Crippen molar-refractivity contribution in [2.24, 2.45) is 5.73 Å². The van der Waals surface area contributed by atoms with E-state index in [4.69, 9.17) is 5.73 Å². The van der Waals surface area contributed by atoms with E-state index in [0.717, 1.165) is 6.20 Å². The molecule has 0 aromatic carbocycles. The van der Waals surface area contributed by atoms with Gasteiger partial charge in [0.25, 0.3) is 5.91 Å². The van der Waals surface area contributed by atoms with Gasteiger partial charge >= 0.3 is 12.3 Å². The first-order valence-electron chi connectivity index (χ1n) is 7.47. The molecule has 0 fully saturated rings. The van der Waals surface area contributed by atoms with E-state index in [1.54, 1.807) is 0 Å². The van der Waals surface area contributed by atoms with Crippen LogP contribution in [0.4, 0.5) is 17.6 Å². The van der Waals surface area contributed by atoms with Gasteiger partial charge in [0.05, 0.1) is 11.1 Å². The van der Waals surface area contributed by atoms with E-state index in [0.29, 0.717) is 12.8 Å². The van der Waals surface area contributed by atoms with Gasteiger partial charge in [-0.1, -0.05) is 13.8 Å². The van der Waals surface area contributed by atoms with Crippen LogP contribution in [0.5, 0.6) is 5.88 Å². The summed E-state index contributed by atoms with van der Waals surface area (Å²) in [7, 11) is 0. The van der Waals surface area contributed by atoms with E-state index < -0.39 is 30.4 Å². The lowest BCUT2D eigenvalue weighted by Crippen LogP contribution is -2.52. The molecule has 0 radical (unpaired) electrons. The van der Waals surface area contributed by atoms with E-state index in [9.17, 15) is 22.4 Å². The average molecular weight is 388 g/mol. The highest BCUT2D eigenvalue weighted by Crippen LogP contribution is 2.23. The van der Waals surface area contributed by atoms with Crippen LogP contribution in [0.25, 0.3) is 0 Å². The van der Waals surface area contributed by atoms with Crippen LogP contribution in [-0.4, -0.2) is 41.9 Å². The molecule has 1 rings (SSSR count). The van der Waals surface area contributed by atoms with Crippen LogP contribution in [0, 0.1) is 0 Å². The molecule has 0 aliphatic heterocycles. The molecule has 1 aromatic heterocycles. The first kappa shape index (κ1) is 23.4. The second kappa shape index (κ2) is 9.76. The van der Waals surface area contributed by atoms with Crippen LogP contribution < -0.4 is 15.8 Å². The summed E-state index contributed by atoms with van der Waals surface area (Å²) in [5, 5.41) is 2.82. The fraction of sp³-hybridized carbons (Fsp3) is 0.600. The minimum absolute atomic E-state index is 0. The zero-order valence-corrected chi connectivity index (χ0v) is 14.7. The molecule has 0 aliphatic rings. The average Bonchev–Trinajstić information content (AvgIpc) is 2.58. The first-order valence-corrected chi connectivity index (χ1v) is 7.47. The number of rotatable bonds is 9. The number of hydrogen-bond donors (Lipinski definition) is 2. The van der Waals surface area contributed by atoms with E-state index in [2.05, 4.69) is 15.0 Å². The summed E-state index contributed by atoms with van der Waals surface area (Å²) >= 11 is 0. The molecular weight excluding hydrogens is 366 g/mol. The largest absolute Gasteiger partial charge is 0.471 e. The molecule has 1 aromatic rings. The molecule has 1 amide bonds. The summed E-state index contributed by atoms with van der Waals surface area (Å²) in [6, 6.07) is 2.48. The summed E-state index contributed by atoms with van der Waals surface area (Å²) in [5.41, 5.74) is 5.35. The van der Waals surface area contributed by atoms with E-state index >= 15 is 0 Å². The summed E-state index contributed by atoms with van der Waals surface area (Å²) in [4.78, 5) is 15.9. The predicted octanol–water partition coefficient (Wildman–Crippen LogP) is 3.03. The lowest BCUT2D eigenvalue weighted by atomic mass is 9.92. The van der Waals surface area contributed by atoms with Crippen LogP contribution in [0.2, 0.25) is 0 Å². The maximum Gasteiger partial charge on any atom is 0.340 e. The Labute approximate surface area is 149 Å². The molecule has 0 atom stereocenters. The fourth-order valence-corrected chi connectivity index (χ4v) is 1.91. The summed E-state index contributed by atoms with van der Waals surface area (Å²) in [5.74, 6) is -4.95. The Morgan fingerprint density at radius 2 is 1.92 bits per heavy atom. The molecule has 0 saturated heterocycles. The van der Waals surface area contributed by atoms with E-state index in [-0.39, 0.29) is 30.4 Å². The van der Waals surface area contributed by atoms with Crippen molar-refractivity contribution in [2.45, 2.75) is 44.6 Å². The van der Waals surface area contributed by atoms with Crippen molar-refractivity contribution >= 4 is 18.3 Å². The predicted molar refractivity (Wildman–Crippen MR) is 87.8 cm³/mol. The van der Waals surface area contributed by atoms with Gasteiger partial charge in [-0.2, -0.15) is 8.78 Å². The first-order chi connectivity index (χ1) is 11.2. The number of nitrogens with two attached hydrogens (primary N) is 1. The SMILES string of the molecule is CCC(CC)(CN)NC(=O)c1ccc(OCC(F)(F)C(F)F)nc1.Cl. The quantitative estimate of drug-likeness (QED) is 0.638. The van der Waals surface area contributed by atoms with Gasteiger partial charge in [-0.15, -0.1) is 12.4 Å². The Hall–Kier alpha value is -1.61. The van der Waals surface area contributed by atoms with Gasteiger partial charge < -0.3 is 15.8 Å². The molecule has 0 spiro atoms. The Kier molecular flexibility index (Phi) is 9.14. The van der Waals surface area contributed by atoms with Crippen molar-refractivity contribution in [3.05, 3.63) is 23.9 Å². The number of amides is 1. The Morgan fingerprint density at radius 1 is 1.32 bits per heavy atom. The number of hydrogen-bond acceptors (Lipinski definition) is 4. The molecule has 25 heavy (non-hydrogen) atoms. The zero-order chi connectivity index (χ0) is 18.4. The normalized spacial score (nSPS) is 11.8. The van der Waals surface area contributed by atoms with Gasteiger partial charge in [-0.3, -0.25) is 4.79 Å². The fourth-order valence-electron chi connectivity index (χ4n) is 1.91. The number of alkyl halides is 4. The maximum atomic E-state index is 12.8. The second-order valence-electron chi connectivity index (χ2n) is 5.38. The minimum Gasteiger partial charge on any atom is -0.471 e. The highest BCUT2D eigenvalue weighted by atomic mass is 35.5. The maximum absolute atomic E-state index is 12.8. The van der Waals surface area contributed by atoms with Crippen LogP contribution in [-0.2, 0) is 0 Å². The molecule has 0 unspecified atom stereocenters. The summed E-state index contributed by atoms with van der Waals surface area (Å²) in [6.07, 6.45) is -1.42. The zero-order valence-electron chi connectivity index (χ0n) is 13.9. The second-order valence-corrected chi connectivity index (χ2v) is 5.38. The molecule has 5 nitrogen and oxygen atoms in total. The Balaban J connectivity index is 0.00000576. The highest BCUT2D eigenvalue weighted by molar-refractivity contribution is 5.94. The third-order valence-electron chi connectivity index (χ3n) is 3.85. The third kappa shape index (κ3) is 6.32. The molecular formula is C15H22ClF4N3O2. The number of carbonyl (C=O) groups is 1. The number of halogens is 5. The van der Waals surface area contributed by atoms with Gasteiger partial charge in [0.1, 0.15) is 0 Å². The van der Waals surface area contributed by atoms with Crippen LogP contribution in [0.1, 0.15) is 37.0 Å². The summed E-state index contributed by atoms with van der Waals surface area (Å²) < 4.78 is 54.1. The van der Waals surface area contributed by atoms with E-state index in [1.807, 2.05) is 13.8 Å². The number of carbonyl (C=O) groups excluding carboxylic acids is 1. The van der Waals surface area contributed by atoms with Crippen molar-refractivity contribution in [3.63, 3.8) is 0 Å². The Bertz CT molecular complexity index is 532. The van der Waals surface area contributed by atoms with Crippen LogP contribution in [0.3, 0.4) is 0 Å². The van der Waals surface area contributed by atoms with Crippen molar-refractivity contribution in [1.82, 2.24) is 10.3 Å². The van der Waals surface area contributed by atoms with E-state index in [1.165, 1.54) is 12.1 Å². The Morgan fingerprint density at radius 3 is 2.32 bits per heavy atom. The number of nitrogens with one attached hydrogen (secondary N) is 1. The number of nitrogens with zero attached hydrogens (tertiary/aromatic N) is 1. The highest BCUT2D eigenvalue weighted by Gasteiger charge is 2.41. The van der Waals surface area contributed by atoms with Gasteiger partial charge in [0.2, 0.25) is 5.88 Å². The molecule has 10 heteroatoms. The molecule has 1 heterocycles. The molecule has 0 bridgehead atoms. The smallest absolute Gasteiger partial charge is 0.340 e. The van der Waals surface area contributed by atoms with Crippen molar-refractivity contribution in [2.75, 3.05) is 13.2 Å². The number of ether oxygens (including phenoxy) is 1. The standard InChI is InChI=1S/C15H21F4N3O2.ClH/c1-3-14(4-2,8-20)22-12(23)10-5-6-11(21-7-10)24-9-15(18,19)13(16)17;/h5-7,13H,3-4,8-9,20H2,1-2H3,(H,22,23);1H. The molecule has 0 saturated carbocycles. The minimum atomic E-state index is -4.26. The number of aromatic nitrogens is 1. The third-order valence-corrected chi connectivity index (χ3v) is 3.85. The molecule has 144 valence electrons. The lowest BCUT2D eigenvalue weighted by Gasteiger charge is -2.31. The van der Waals surface area contributed by atoms with Crippen LogP contribution >= 0.6 is 12.4 Å². The van der Waals surface area contributed by atoms with Gasteiger partial charge in [-0.25, -0.2) is 13.8 Å². The van der Waals surface area contributed by atoms with Gasteiger partial charge in [0, 0.05) is 18.8 Å². The van der Waals surface area contributed by atoms with Crippen molar-refractivity contribution < 1.29 is 27.1 Å². The summed E-state index contributed by atoms with van der Waals surface area (Å²) in [6.45, 7) is 2.57. The number of pyridine rings is 1. The van der Waals surface area contributed by atoms with Crippen LogP contribution in [0.15, 0.2) is 18.3 Å². The topological polar surface area (TPSA) is 77.2 Å². The van der Waals surface area contributed by atoms with Gasteiger partial charge in [-0.05, 0) is 18.9 Å².